The Morgan fingerprint density at radius 1 is 1.47 bits per heavy atom. The average molecular weight is 263 g/mol. The first-order chi connectivity index (χ1) is 9.04. The average Bonchev–Trinajstić information content (AvgIpc) is 2.38. The second kappa shape index (κ2) is 7.55. The summed E-state index contributed by atoms with van der Waals surface area (Å²) in [5.74, 6) is 5.00. The lowest BCUT2D eigenvalue weighted by Gasteiger charge is -2.08. The number of carbonyl (C=O) groups is 1. The molecule has 4 heteroatoms. The van der Waals surface area contributed by atoms with Crippen molar-refractivity contribution >= 4 is 5.91 Å². The standard InChI is InChI=1S/C15H18FNO2/c1-11(2)15(19)17-10-13-9-12(5-3-4-8-18)6-7-14(13)16/h6-7,9,11,18H,4,8,10H2,1-2H3,(H,17,19). The van der Waals surface area contributed by atoms with Gasteiger partial charge in [-0.1, -0.05) is 25.7 Å². The van der Waals surface area contributed by atoms with Crippen molar-refractivity contribution in [2.24, 2.45) is 5.92 Å². The molecule has 0 bridgehead atoms. The molecule has 1 amide bonds. The van der Waals surface area contributed by atoms with Gasteiger partial charge in [-0.15, -0.1) is 0 Å². The SMILES string of the molecule is CC(C)C(=O)NCc1cc(C#CCCO)ccc1F. The molecule has 1 aromatic carbocycles. The maximum absolute atomic E-state index is 13.6. The molecule has 0 radical (unpaired) electrons. The van der Waals surface area contributed by atoms with Crippen LogP contribution >= 0.6 is 0 Å². The molecule has 2 N–H and O–H groups in total. The fraction of sp³-hybridized carbons (Fsp3) is 0.400. The molecule has 0 atom stereocenters. The largest absolute Gasteiger partial charge is 0.395 e. The van der Waals surface area contributed by atoms with E-state index in [2.05, 4.69) is 17.2 Å². The van der Waals surface area contributed by atoms with Crippen LogP contribution in [-0.4, -0.2) is 17.6 Å². The van der Waals surface area contributed by atoms with E-state index in [0.29, 0.717) is 17.5 Å². The molecule has 1 rings (SSSR count). The molecule has 102 valence electrons. The van der Waals surface area contributed by atoms with Crippen molar-refractivity contribution in [3.8, 4) is 11.8 Å². The van der Waals surface area contributed by atoms with Crippen molar-refractivity contribution in [2.75, 3.05) is 6.61 Å². The van der Waals surface area contributed by atoms with Crippen molar-refractivity contribution in [3.63, 3.8) is 0 Å². The second-order valence-electron chi connectivity index (χ2n) is 4.45. The van der Waals surface area contributed by atoms with Gasteiger partial charge in [0.25, 0.3) is 0 Å². The number of amides is 1. The number of benzene rings is 1. The molecule has 0 saturated heterocycles. The number of halogens is 1. The molecular weight excluding hydrogens is 245 g/mol. The van der Waals surface area contributed by atoms with E-state index in [1.165, 1.54) is 6.07 Å². The van der Waals surface area contributed by atoms with Crippen LogP contribution in [0, 0.1) is 23.6 Å². The number of aliphatic hydroxyl groups is 1. The van der Waals surface area contributed by atoms with Gasteiger partial charge in [-0.25, -0.2) is 4.39 Å². The van der Waals surface area contributed by atoms with Crippen LogP contribution in [0.5, 0.6) is 0 Å². The number of hydrogen-bond donors (Lipinski definition) is 2. The zero-order valence-corrected chi connectivity index (χ0v) is 11.2. The highest BCUT2D eigenvalue weighted by Gasteiger charge is 2.08. The van der Waals surface area contributed by atoms with Crippen LogP contribution in [0.1, 0.15) is 31.4 Å². The van der Waals surface area contributed by atoms with Gasteiger partial charge in [0.05, 0.1) is 6.61 Å². The smallest absolute Gasteiger partial charge is 0.222 e. The Kier molecular flexibility index (Phi) is 6.04. The summed E-state index contributed by atoms with van der Waals surface area (Å²) >= 11 is 0. The maximum atomic E-state index is 13.6. The van der Waals surface area contributed by atoms with Crippen molar-refractivity contribution in [1.29, 1.82) is 0 Å². The quantitative estimate of drug-likeness (QED) is 0.814. The van der Waals surface area contributed by atoms with E-state index in [0.717, 1.165) is 0 Å². The molecule has 0 unspecified atom stereocenters. The summed E-state index contributed by atoms with van der Waals surface area (Å²) < 4.78 is 13.6. The summed E-state index contributed by atoms with van der Waals surface area (Å²) in [4.78, 5) is 11.4. The van der Waals surface area contributed by atoms with Crippen LogP contribution < -0.4 is 5.32 Å². The third-order valence-electron chi connectivity index (χ3n) is 2.49. The Hall–Kier alpha value is -1.86. The highest BCUT2D eigenvalue weighted by Crippen LogP contribution is 2.10. The van der Waals surface area contributed by atoms with Crippen LogP contribution in [0.25, 0.3) is 0 Å². The fourth-order valence-corrected chi connectivity index (χ4v) is 1.39. The molecule has 0 spiro atoms. The summed E-state index contributed by atoms with van der Waals surface area (Å²) in [7, 11) is 0. The van der Waals surface area contributed by atoms with Crippen molar-refractivity contribution in [2.45, 2.75) is 26.8 Å². The summed E-state index contributed by atoms with van der Waals surface area (Å²) in [6, 6.07) is 4.52. The third kappa shape index (κ3) is 5.11. The Labute approximate surface area is 112 Å². The predicted octanol–water partition coefficient (Wildman–Crippen LogP) is 1.83. The fourth-order valence-electron chi connectivity index (χ4n) is 1.39. The topological polar surface area (TPSA) is 49.3 Å². The lowest BCUT2D eigenvalue weighted by molar-refractivity contribution is -0.124. The first kappa shape index (κ1) is 15.2. The van der Waals surface area contributed by atoms with E-state index in [4.69, 9.17) is 5.11 Å². The first-order valence-corrected chi connectivity index (χ1v) is 6.20. The Morgan fingerprint density at radius 3 is 2.84 bits per heavy atom. The van der Waals surface area contributed by atoms with Crippen LogP contribution in [0.3, 0.4) is 0 Å². The molecule has 0 saturated carbocycles. The highest BCUT2D eigenvalue weighted by atomic mass is 19.1. The summed E-state index contributed by atoms with van der Waals surface area (Å²) in [6.45, 7) is 3.72. The number of aliphatic hydroxyl groups excluding tert-OH is 1. The van der Waals surface area contributed by atoms with Crippen molar-refractivity contribution < 1.29 is 14.3 Å². The number of hydrogen-bond acceptors (Lipinski definition) is 2. The summed E-state index contributed by atoms with van der Waals surface area (Å²) in [6.07, 6.45) is 0.386. The van der Waals surface area contributed by atoms with Gasteiger partial charge in [0.1, 0.15) is 5.82 Å². The van der Waals surface area contributed by atoms with Gasteiger partial charge in [0.2, 0.25) is 5.91 Å². The molecule has 0 aromatic heterocycles. The van der Waals surface area contributed by atoms with Crippen molar-refractivity contribution in [3.05, 3.63) is 35.1 Å². The maximum Gasteiger partial charge on any atom is 0.222 e. The minimum absolute atomic E-state index is 0.00545. The van der Waals surface area contributed by atoms with E-state index < -0.39 is 0 Å². The Bertz CT molecular complexity index is 501. The molecule has 1 aromatic rings. The molecular formula is C15H18FNO2. The molecule has 0 heterocycles. The van der Waals surface area contributed by atoms with E-state index in [1.807, 2.05) is 0 Å². The van der Waals surface area contributed by atoms with Gasteiger partial charge < -0.3 is 10.4 Å². The Morgan fingerprint density at radius 2 is 2.21 bits per heavy atom. The minimum atomic E-state index is -0.364. The van der Waals surface area contributed by atoms with E-state index in [9.17, 15) is 9.18 Å². The number of carbonyl (C=O) groups excluding carboxylic acids is 1. The normalized spacial score (nSPS) is 9.95. The third-order valence-corrected chi connectivity index (χ3v) is 2.49. The van der Waals surface area contributed by atoms with Gasteiger partial charge in [-0.3, -0.25) is 4.79 Å². The van der Waals surface area contributed by atoms with Gasteiger partial charge in [-0.2, -0.15) is 0 Å². The van der Waals surface area contributed by atoms with E-state index >= 15 is 0 Å². The lowest BCUT2D eigenvalue weighted by atomic mass is 10.1. The first-order valence-electron chi connectivity index (χ1n) is 6.20. The summed E-state index contributed by atoms with van der Waals surface area (Å²) in [5.41, 5.74) is 1.08. The molecule has 0 fully saturated rings. The molecule has 3 nitrogen and oxygen atoms in total. The zero-order chi connectivity index (χ0) is 14.3. The number of nitrogens with one attached hydrogen (secondary N) is 1. The van der Waals surface area contributed by atoms with E-state index in [1.54, 1.807) is 26.0 Å². The molecule has 0 aliphatic rings. The molecule has 0 aliphatic carbocycles. The van der Waals surface area contributed by atoms with Gasteiger partial charge in [-0.05, 0) is 18.2 Å². The summed E-state index contributed by atoms with van der Waals surface area (Å²) in [5, 5.41) is 11.3. The van der Waals surface area contributed by atoms with Crippen LogP contribution in [0.4, 0.5) is 4.39 Å². The van der Waals surface area contributed by atoms with E-state index in [-0.39, 0.29) is 30.8 Å². The number of rotatable bonds is 4. The predicted molar refractivity (Wildman–Crippen MR) is 71.7 cm³/mol. The van der Waals surface area contributed by atoms with Crippen molar-refractivity contribution in [1.82, 2.24) is 5.32 Å². The zero-order valence-electron chi connectivity index (χ0n) is 11.2. The molecule has 0 aliphatic heterocycles. The molecule has 19 heavy (non-hydrogen) atoms. The van der Waals surface area contributed by atoms with Crippen LogP contribution in [-0.2, 0) is 11.3 Å². The van der Waals surface area contributed by atoms with Gasteiger partial charge in [0, 0.05) is 30.0 Å². The highest BCUT2D eigenvalue weighted by molar-refractivity contribution is 5.77. The van der Waals surface area contributed by atoms with Crippen LogP contribution in [0.2, 0.25) is 0 Å². The Balaban J connectivity index is 2.75. The van der Waals surface area contributed by atoms with Crippen LogP contribution in [0.15, 0.2) is 18.2 Å². The lowest BCUT2D eigenvalue weighted by Crippen LogP contribution is -2.27. The van der Waals surface area contributed by atoms with Gasteiger partial charge in [0.15, 0.2) is 0 Å². The van der Waals surface area contributed by atoms with Gasteiger partial charge >= 0.3 is 0 Å². The minimum Gasteiger partial charge on any atom is -0.395 e. The second-order valence-corrected chi connectivity index (χ2v) is 4.45. The monoisotopic (exact) mass is 263 g/mol.